The van der Waals surface area contributed by atoms with Crippen LogP contribution in [0.5, 0.6) is 0 Å². The molecule has 4 rings (SSSR count). The summed E-state index contributed by atoms with van der Waals surface area (Å²) in [5.74, 6) is 1.27. The van der Waals surface area contributed by atoms with Crippen molar-refractivity contribution >= 4 is 35.6 Å². The predicted octanol–water partition coefficient (Wildman–Crippen LogP) is 2.39. The van der Waals surface area contributed by atoms with E-state index in [-0.39, 0.29) is 24.2 Å². The van der Waals surface area contributed by atoms with E-state index in [1.54, 1.807) is 0 Å². The zero-order valence-corrected chi connectivity index (χ0v) is 15.9. The second-order valence-electron chi connectivity index (χ2n) is 6.75. The van der Waals surface area contributed by atoms with Gasteiger partial charge in [-0.1, -0.05) is 18.2 Å². The Morgan fingerprint density at radius 1 is 1.12 bits per heavy atom. The molecule has 0 unspecified atom stereocenters. The number of fused-ring (bicyclic) bond motifs is 1. The van der Waals surface area contributed by atoms with E-state index in [9.17, 15) is 9.59 Å². The molecule has 26 heavy (non-hydrogen) atoms. The Hall–Kier alpha value is -1.89. The molecule has 138 valence electrons. The molecule has 1 aromatic heterocycles. The number of nitrogens with one attached hydrogen (secondary N) is 2. The third-order valence-corrected chi connectivity index (χ3v) is 5.94. The van der Waals surface area contributed by atoms with Crippen molar-refractivity contribution in [3.8, 4) is 0 Å². The highest BCUT2D eigenvalue weighted by Gasteiger charge is 2.38. The molecular weight excluding hydrogens is 370 g/mol. The number of hydrogen-bond donors (Lipinski definition) is 2. The SMILES string of the molecule is Cl.O=C(NCc1ccc(C(=O)N2C[C@H]3CNC[C@H]3C2)cc1)c1cccs1. The summed E-state index contributed by atoms with van der Waals surface area (Å²) in [4.78, 5) is 27.3. The third kappa shape index (κ3) is 3.92. The van der Waals surface area contributed by atoms with Crippen molar-refractivity contribution in [1.29, 1.82) is 0 Å². The number of hydrogen-bond acceptors (Lipinski definition) is 4. The summed E-state index contributed by atoms with van der Waals surface area (Å²) in [6, 6.07) is 11.2. The first-order valence-corrected chi connectivity index (χ1v) is 9.49. The molecule has 1 aromatic carbocycles. The molecule has 0 aliphatic carbocycles. The predicted molar refractivity (Wildman–Crippen MR) is 105 cm³/mol. The van der Waals surface area contributed by atoms with Crippen molar-refractivity contribution in [1.82, 2.24) is 15.5 Å². The van der Waals surface area contributed by atoms with Gasteiger partial charge in [-0.2, -0.15) is 0 Å². The van der Waals surface area contributed by atoms with E-state index in [4.69, 9.17) is 0 Å². The molecule has 0 spiro atoms. The number of likely N-dealkylation sites (tertiary alicyclic amines) is 1. The average molecular weight is 392 g/mol. The van der Waals surface area contributed by atoms with E-state index in [1.165, 1.54) is 11.3 Å². The van der Waals surface area contributed by atoms with E-state index >= 15 is 0 Å². The Bertz CT molecular complexity index is 752. The molecule has 2 N–H and O–H groups in total. The molecule has 2 fully saturated rings. The van der Waals surface area contributed by atoms with Crippen molar-refractivity contribution in [2.75, 3.05) is 26.2 Å². The van der Waals surface area contributed by atoms with E-state index in [2.05, 4.69) is 10.6 Å². The topological polar surface area (TPSA) is 61.4 Å². The molecule has 2 aliphatic rings. The fraction of sp³-hybridized carbons (Fsp3) is 0.368. The minimum absolute atomic E-state index is 0. The van der Waals surface area contributed by atoms with Gasteiger partial charge in [0.05, 0.1) is 4.88 Å². The summed E-state index contributed by atoms with van der Waals surface area (Å²) < 4.78 is 0. The summed E-state index contributed by atoms with van der Waals surface area (Å²) in [5, 5.41) is 8.18. The van der Waals surface area contributed by atoms with Gasteiger partial charge in [0.15, 0.2) is 0 Å². The number of nitrogens with zero attached hydrogens (tertiary/aromatic N) is 1. The highest BCUT2D eigenvalue weighted by molar-refractivity contribution is 7.12. The Balaban J connectivity index is 0.00000196. The van der Waals surface area contributed by atoms with Gasteiger partial charge in [-0.15, -0.1) is 23.7 Å². The summed E-state index contributed by atoms with van der Waals surface area (Å²) in [6.07, 6.45) is 0. The third-order valence-electron chi connectivity index (χ3n) is 5.08. The van der Waals surface area contributed by atoms with Gasteiger partial charge >= 0.3 is 0 Å². The highest BCUT2D eigenvalue weighted by atomic mass is 35.5. The van der Waals surface area contributed by atoms with Crippen molar-refractivity contribution < 1.29 is 9.59 Å². The monoisotopic (exact) mass is 391 g/mol. The Kier molecular flexibility index (Phi) is 5.96. The van der Waals surface area contributed by atoms with Crippen LogP contribution in [0.2, 0.25) is 0 Å². The number of carbonyl (C=O) groups is 2. The minimum atomic E-state index is -0.0626. The van der Waals surface area contributed by atoms with Crippen molar-refractivity contribution in [3.63, 3.8) is 0 Å². The molecule has 0 saturated carbocycles. The zero-order valence-electron chi connectivity index (χ0n) is 14.3. The summed E-state index contributed by atoms with van der Waals surface area (Å²) >= 11 is 1.43. The van der Waals surface area contributed by atoms with Crippen molar-refractivity contribution in [2.24, 2.45) is 11.8 Å². The average Bonchev–Trinajstić information content (AvgIpc) is 3.36. The zero-order chi connectivity index (χ0) is 17.2. The normalized spacial score (nSPS) is 21.2. The van der Waals surface area contributed by atoms with Gasteiger partial charge in [0, 0.05) is 38.3 Å². The molecule has 7 heteroatoms. The van der Waals surface area contributed by atoms with Crippen LogP contribution in [0, 0.1) is 11.8 Å². The van der Waals surface area contributed by atoms with Gasteiger partial charge < -0.3 is 15.5 Å². The molecule has 2 aliphatic heterocycles. The maximum absolute atomic E-state index is 12.6. The number of rotatable bonds is 4. The van der Waals surface area contributed by atoms with E-state index in [0.29, 0.717) is 23.3 Å². The minimum Gasteiger partial charge on any atom is -0.347 e. The number of halogens is 1. The quantitative estimate of drug-likeness (QED) is 0.841. The lowest BCUT2D eigenvalue weighted by Gasteiger charge is -2.17. The molecular formula is C19H22ClN3O2S. The van der Waals surface area contributed by atoms with E-state index < -0.39 is 0 Å². The number of carbonyl (C=O) groups excluding carboxylic acids is 2. The number of amides is 2. The fourth-order valence-electron chi connectivity index (χ4n) is 3.65. The van der Waals surface area contributed by atoms with Crippen LogP contribution < -0.4 is 10.6 Å². The lowest BCUT2D eigenvalue weighted by atomic mass is 10.0. The fourth-order valence-corrected chi connectivity index (χ4v) is 4.29. The lowest BCUT2D eigenvalue weighted by Crippen LogP contribution is -2.31. The van der Waals surface area contributed by atoms with Gasteiger partial charge in [-0.25, -0.2) is 0 Å². The van der Waals surface area contributed by atoms with Crippen LogP contribution >= 0.6 is 23.7 Å². The van der Waals surface area contributed by atoms with E-state index in [1.807, 2.05) is 46.7 Å². The first kappa shape index (κ1) is 18.9. The van der Waals surface area contributed by atoms with Gasteiger partial charge in [0.25, 0.3) is 11.8 Å². The molecule has 3 heterocycles. The maximum atomic E-state index is 12.6. The van der Waals surface area contributed by atoms with Crippen LogP contribution in [0.1, 0.15) is 25.6 Å². The largest absolute Gasteiger partial charge is 0.347 e. The molecule has 2 atom stereocenters. The lowest BCUT2D eigenvalue weighted by molar-refractivity contribution is 0.0781. The van der Waals surface area contributed by atoms with E-state index in [0.717, 1.165) is 37.3 Å². The van der Waals surface area contributed by atoms with Gasteiger partial charge in [0.2, 0.25) is 0 Å². The summed E-state index contributed by atoms with van der Waals surface area (Å²) in [6.45, 7) is 4.23. The van der Waals surface area contributed by atoms with Gasteiger partial charge in [0.1, 0.15) is 0 Å². The first-order chi connectivity index (χ1) is 12.2. The van der Waals surface area contributed by atoms with Crippen LogP contribution in [0.3, 0.4) is 0 Å². The molecule has 5 nitrogen and oxygen atoms in total. The van der Waals surface area contributed by atoms with Crippen molar-refractivity contribution in [2.45, 2.75) is 6.54 Å². The Morgan fingerprint density at radius 2 is 1.81 bits per heavy atom. The summed E-state index contributed by atoms with van der Waals surface area (Å²) in [5.41, 5.74) is 1.71. The second-order valence-corrected chi connectivity index (χ2v) is 7.69. The van der Waals surface area contributed by atoms with Gasteiger partial charge in [-0.05, 0) is 41.0 Å². The first-order valence-electron chi connectivity index (χ1n) is 8.61. The van der Waals surface area contributed by atoms with Crippen LogP contribution in [0.15, 0.2) is 41.8 Å². The molecule has 0 bridgehead atoms. The number of thiophene rings is 1. The molecule has 2 aromatic rings. The molecule has 2 amide bonds. The smallest absolute Gasteiger partial charge is 0.261 e. The van der Waals surface area contributed by atoms with Gasteiger partial charge in [-0.3, -0.25) is 9.59 Å². The Labute approximate surface area is 163 Å². The Morgan fingerprint density at radius 3 is 2.42 bits per heavy atom. The summed E-state index contributed by atoms with van der Waals surface area (Å²) in [7, 11) is 0. The van der Waals surface area contributed by atoms with Crippen LogP contribution in [-0.4, -0.2) is 42.9 Å². The van der Waals surface area contributed by atoms with Crippen molar-refractivity contribution in [3.05, 3.63) is 57.8 Å². The second kappa shape index (κ2) is 8.20. The molecule has 2 saturated heterocycles. The van der Waals surface area contributed by atoms with Crippen LogP contribution in [-0.2, 0) is 6.54 Å². The van der Waals surface area contributed by atoms with Crippen LogP contribution in [0.4, 0.5) is 0 Å². The molecule has 0 radical (unpaired) electrons. The maximum Gasteiger partial charge on any atom is 0.261 e. The van der Waals surface area contributed by atoms with Crippen LogP contribution in [0.25, 0.3) is 0 Å². The standard InChI is InChI=1S/C19H21N3O2S.ClH/c23-18(17-2-1-7-25-17)21-8-13-3-5-14(6-4-13)19(24)22-11-15-9-20-10-16(15)12-22;/h1-7,15-16,20H,8-12H2,(H,21,23);1H/t15-,16+;. The number of benzene rings is 1. The highest BCUT2D eigenvalue weighted by Crippen LogP contribution is 2.27.